The molecule has 8 heteroatoms. The maximum absolute atomic E-state index is 13.5. The molecule has 1 aliphatic heterocycles. The van der Waals surface area contributed by atoms with Gasteiger partial charge in [0.05, 0.1) is 5.56 Å². The van der Waals surface area contributed by atoms with E-state index in [-0.39, 0.29) is 5.56 Å². The molecule has 2 aromatic rings. The molecule has 1 atom stereocenters. The second kappa shape index (κ2) is 7.50. The van der Waals surface area contributed by atoms with Crippen molar-refractivity contribution in [1.29, 1.82) is 0 Å². The summed E-state index contributed by atoms with van der Waals surface area (Å²) >= 11 is 0. The predicted molar refractivity (Wildman–Crippen MR) is 98.3 cm³/mol. The van der Waals surface area contributed by atoms with Crippen molar-refractivity contribution in [3.8, 4) is 0 Å². The molecule has 148 valence electrons. The molecule has 1 aliphatic carbocycles. The van der Waals surface area contributed by atoms with E-state index in [1.165, 1.54) is 43.4 Å². The molecule has 4 rings (SSSR count). The molecule has 1 unspecified atom stereocenters. The number of carbonyl (C=O) groups excluding carboxylic acids is 1. The van der Waals surface area contributed by atoms with Crippen LogP contribution in [0.15, 0.2) is 36.7 Å². The van der Waals surface area contributed by atoms with Crippen molar-refractivity contribution in [2.45, 2.75) is 31.5 Å². The Bertz CT molecular complexity index is 852. The number of pyridine rings is 2. The van der Waals surface area contributed by atoms with E-state index in [0.29, 0.717) is 24.9 Å². The summed E-state index contributed by atoms with van der Waals surface area (Å²) in [7, 11) is 0. The summed E-state index contributed by atoms with van der Waals surface area (Å²) in [5, 5.41) is 3.46. The summed E-state index contributed by atoms with van der Waals surface area (Å²) < 4.78 is 40.4. The van der Waals surface area contributed by atoms with Crippen LogP contribution in [0.1, 0.15) is 40.9 Å². The quantitative estimate of drug-likeness (QED) is 0.794. The van der Waals surface area contributed by atoms with Crippen molar-refractivity contribution in [2.75, 3.05) is 24.5 Å². The lowest BCUT2D eigenvalue weighted by atomic mass is 10.0. The van der Waals surface area contributed by atoms with Crippen molar-refractivity contribution in [1.82, 2.24) is 15.3 Å². The van der Waals surface area contributed by atoms with E-state index in [2.05, 4.69) is 15.3 Å². The van der Waals surface area contributed by atoms with Gasteiger partial charge < -0.3 is 10.2 Å². The summed E-state index contributed by atoms with van der Waals surface area (Å²) in [5.41, 5.74) is -1.50. The van der Waals surface area contributed by atoms with E-state index in [1.807, 2.05) is 4.90 Å². The first-order valence-corrected chi connectivity index (χ1v) is 9.43. The number of rotatable bonds is 5. The molecule has 0 spiro atoms. The van der Waals surface area contributed by atoms with Gasteiger partial charge in [0.2, 0.25) is 5.78 Å². The highest BCUT2D eigenvalue weighted by Gasteiger charge is 2.37. The molecular formula is C20H21F3N4O. The Morgan fingerprint density at radius 1 is 1.25 bits per heavy atom. The van der Waals surface area contributed by atoms with E-state index >= 15 is 0 Å². The summed E-state index contributed by atoms with van der Waals surface area (Å²) in [6.45, 7) is 2.06. The average Bonchev–Trinajstić information content (AvgIpc) is 3.51. The number of hydrogen-bond acceptors (Lipinski definition) is 5. The maximum Gasteiger partial charge on any atom is 0.418 e. The minimum atomic E-state index is -4.66. The number of nitrogens with one attached hydrogen (secondary N) is 1. The predicted octanol–water partition coefficient (Wildman–Crippen LogP) is 3.30. The van der Waals surface area contributed by atoms with Crippen LogP contribution in [0, 0.1) is 5.92 Å². The monoisotopic (exact) mass is 390 g/mol. The lowest BCUT2D eigenvalue weighted by Crippen LogP contribution is -2.51. The van der Waals surface area contributed by atoms with Gasteiger partial charge in [-0.25, -0.2) is 4.98 Å². The Morgan fingerprint density at radius 3 is 2.75 bits per heavy atom. The first-order valence-electron chi connectivity index (χ1n) is 9.43. The molecule has 1 N–H and O–H groups in total. The molecule has 5 nitrogen and oxygen atoms in total. The van der Waals surface area contributed by atoms with E-state index in [4.69, 9.17) is 0 Å². The molecule has 28 heavy (non-hydrogen) atoms. The van der Waals surface area contributed by atoms with Gasteiger partial charge in [-0.15, -0.1) is 0 Å². The number of anilines is 1. The van der Waals surface area contributed by atoms with Gasteiger partial charge in [-0.2, -0.15) is 13.2 Å². The lowest BCUT2D eigenvalue weighted by Gasteiger charge is -2.35. The van der Waals surface area contributed by atoms with Crippen molar-refractivity contribution in [2.24, 2.45) is 5.92 Å². The first kappa shape index (κ1) is 18.9. The second-order valence-electron chi connectivity index (χ2n) is 7.41. The smallest absolute Gasteiger partial charge is 0.354 e. The highest BCUT2D eigenvalue weighted by atomic mass is 19.4. The molecule has 1 saturated carbocycles. The number of nitrogens with zero attached hydrogens (tertiary/aromatic N) is 3. The SMILES string of the molecule is O=C(c1cccnc1)c1nc(N2CCNC(CC3CC3)C2)ccc1C(F)(F)F. The third-order valence-corrected chi connectivity index (χ3v) is 5.22. The Hall–Kier alpha value is -2.48. The van der Waals surface area contributed by atoms with Crippen molar-refractivity contribution < 1.29 is 18.0 Å². The molecule has 0 amide bonds. The van der Waals surface area contributed by atoms with Crippen LogP contribution < -0.4 is 10.2 Å². The van der Waals surface area contributed by atoms with Gasteiger partial charge in [-0.3, -0.25) is 9.78 Å². The molecule has 0 radical (unpaired) electrons. The fraction of sp³-hybridized carbons (Fsp3) is 0.450. The van der Waals surface area contributed by atoms with Crippen LogP contribution in [0.25, 0.3) is 0 Å². The number of halogens is 3. The standard InChI is InChI=1S/C20H21F3N4O/c21-20(22,23)16-5-6-17(26-18(16)19(28)14-2-1-7-24-11-14)27-9-8-25-15(12-27)10-13-3-4-13/h1-2,5-7,11,13,15,25H,3-4,8-10,12H2. The fourth-order valence-electron chi connectivity index (χ4n) is 3.61. The summed E-state index contributed by atoms with van der Waals surface area (Å²) in [6, 6.07) is 5.58. The Morgan fingerprint density at radius 2 is 2.07 bits per heavy atom. The lowest BCUT2D eigenvalue weighted by molar-refractivity contribution is -0.138. The third kappa shape index (κ3) is 4.16. The van der Waals surface area contributed by atoms with Crippen LogP contribution in [-0.2, 0) is 6.18 Å². The summed E-state index contributed by atoms with van der Waals surface area (Å²) in [4.78, 5) is 22.7. The molecule has 0 bridgehead atoms. The topological polar surface area (TPSA) is 58.1 Å². The number of alkyl halides is 3. The maximum atomic E-state index is 13.5. The van der Waals surface area contributed by atoms with Gasteiger partial charge in [0.25, 0.3) is 0 Å². The van der Waals surface area contributed by atoms with E-state index in [9.17, 15) is 18.0 Å². The van der Waals surface area contributed by atoms with Crippen LogP contribution in [0.2, 0.25) is 0 Å². The average molecular weight is 390 g/mol. The summed E-state index contributed by atoms with van der Waals surface area (Å²) in [5.74, 6) is 0.384. The van der Waals surface area contributed by atoms with Crippen LogP contribution in [0.3, 0.4) is 0 Å². The minimum absolute atomic E-state index is 0.0876. The van der Waals surface area contributed by atoms with E-state index in [1.54, 1.807) is 0 Å². The first-order chi connectivity index (χ1) is 13.4. The van der Waals surface area contributed by atoms with Crippen LogP contribution in [-0.4, -0.2) is 41.4 Å². The molecular weight excluding hydrogens is 369 g/mol. The van der Waals surface area contributed by atoms with E-state index in [0.717, 1.165) is 24.9 Å². The Kier molecular flexibility index (Phi) is 5.05. The fourth-order valence-corrected chi connectivity index (χ4v) is 3.61. The minimum Gasteiger partial charge on any atom is -0.354 e. The van der Waals surface area contributed by atoms with Gasteiger partial charge in [0, 0.05) is 43.6 Å². The normalized spacial score (nSPS) is 20.2. The zero-order chi connectivity index (χ0) is 19.7. The zero-order valence-electron chi connectivity index (χ0n) is 15.2. The highest BCUT2D eigenvalue weighted by Crippen LogP contribution is 2.35. The van der Waals surface area contributed by atoms with Gasteiger partial charge in [0.15, 0.2) is 0 Å². The second-order valence-corrected chi connectivity index (χ2v) is 7.41. The number of ketones is 1. The van der Waals surface area contributed by atoms with Crippen LogP contribution >= 0.6 is 0 Å². The molecule has 0 aromatic carbocycles. The molecule has 2 aromatic heterocycles. The van der Waals surface area contributed by atoms with Gasteiger partial charge >= 0.3 is 6.18 Å². The molecule has 2 fully saturated rings. The largest absolute Gasteiger partial charge is 0.418 e. The molecule has 3 heterocycles. The van der Waals surface area contributed by atoms with E-state index < -0.39 is 23.2 Å². The number of carbonyl (C=O) groups is 1. The van der Waals surface area contributed by atoms with Crippen LogP contribution in [0.5, 0.6) is 0 Å². The molecule has 1 saturated heterocycles. The van der Waals surface area contributed by atoms with Gasteiger partial charge in [0.1, 0.15) is 11.5 Å². The third-order valence-electron chi connectivity index (χ3n) is 5.22. The number of hydrogen-bond donors (Lipinski definition) is 1. The highest BCUT2D eigenvalue weighted by molar-refractivity contribution is 6.08. The number of piperazine rings is 1. The number of aromatic nitrogens is 2. The summed E-state index contributed by atoms with van der Waals surface area (Å²) in [6.07, 6.45) is 1.63. The Labute approximate surface area is 161 Å². The zero-order valence-corrected chi connectivity index (χ0v) is 15.2. The van der Waals surface area contributed by atoms with Gasteiger partial charge in [-0.05, 0) is 36.6 Å². The van der Waals surface area contributed by atoms with Crippen molar-refractivity contribution in [3.63, 3.8) is 0 Å². The van der Waals surface area contributed by atoms with Crippen LogP contribution in [0.4, 0.5) is 19.0 Å². The Balaban J connectivity index is 1.64. The van der Waals surface area contributed by atoms with Crippen molar-refractivity contribution in [3.05, 3.63) is 53.5 Å². The van der Waals surface area contributed by atoms with Crippen molar-refractivity contribution >= 4 is 11.6 Å². The molecule has 2 aliphatic rings. The van der Waals surface area contributed by atoms with Gasteiger partial charge in [-0.1, -0.05) is 12.8 Å².